The van der Waals surface area contributed by atoms with Crippen molar-refractivity contribution >= 4 is 22.3 Å². The molecule has 0 spiro atoms. The first-order valence-corrected chi connectivity index (χ1v) is 13.4. The van der Waals surface area contributed by atoms with Gasteiger partial charge in [-0.05, 0) is 80.6 Å². The summed E-state index contributed by atoms with van der Waals surface area (Å²) < 4.78 is 0. The van der Waals surface area contributed by atoms with Crippen molar-refractivity contribution in [2.75, 3.05) is 11.9 Å². The molecule has 0 radical (unpaired) electrons. The fourth-order valence-corrected chi connectivity index (χ4v) is 8.72. The lowest BCUT2D eigenvalue weighted by molar-refractivity contribution is -0.135. The lowest BCUT2D eigenvalue weighted by Gasteiger charge is -2.59. The van der Waals surface area contributed by atoms with Crippen molar-refractivity contribution in [3.63, 3.8) is 0 Å². The number of anilines is 1. The average molecular weight is 443 g/mol. The molecule has 31 heavy (non-hydrogen) atoms. The maximum absolute atomic E-state index is 12.1. The Morgan fingerprint density at radius 3 is 2.77 bits per heavy atom. The van der Waals surface area contributed by atoms with Crippen LogP contribution in [0.4, 0.5) is 5.13 Å². The first-order chi connectivity index (χ1) is 14.8. The molecule has 0 bridgehead atoms. The third kappa shape index (κ3) is 3.17. The lowest BCUT2D eigenvalue weighted by Crippen LogP contribution is -2.53. The third-order valence-electron chi connectivity index (χ3n) is 9.85. The van der Waals surface area contributed by atoms with Gasteiger partial charge in [-0.1, -0.05) is 32.8 Å². The molecule has 5 heteroatoms. The normalized spacial score (nSPS) is 41.9. The summed E-state index contributed by atoms with van der Waals surface area (Å²) >= 11 is 1.64. The van der Waals surface area contributed by atoms with Crippen LogP contribution in [0, 0.1) is 28.6 Å². The highest BCUT2D eigenvalue weighted by Gasteiger charge is 2.65. The molecule has 5 rings (SSSR count). The lowest BCUT2D eigenvalue weighted by atomic mass is 9.46. The molecule has 4 nitrogen and oxygen atoms in total. The van der Waals surface area contributed by atoms with E-state index in [1.807, 2.05) is 6.08 Å². The van der Waals surface area contributed by atoms with E-state index in [1.54, 1.807) is 11.3 Å². The zero-order valence-corrected chi connectivity index (χ0v) is 20.2. The SMILES string of the molecule is CCCCNc1nc(C2(O)CCC3C4CCC5=CC(=O)CCC5(C)C4CCC32C)cs1. The van der Waals surface area contributed by atoms with Gasteiger partial charge in [0.1, 0.15) is 5.60 Å². The minimum atomic E-state index is -0.816. The van der Waals surface area contributed by atoms with Gasteiger partial charge in [-0.2, -0.15) is 0 Å². The van der Waals surface area contributed by atoms with Crippen molar-refractivity contribution in [3.8, 4) is 0 Å². The van der Waals surface area contributed by atoms with Crippen LogP contribution >= 0.6 is 11.3 Å². The first kappa shape index (κ1) is 21.6. The Morgan fingerprint density at radius 2 is 1.97 bits per heavy atom. The predicted octanol–water partition coefficient (Wildman–Crippen LogP) is 6.07. The average Bonchev–Trinajstić information content (AvgIpc) is 3.32. The number of allylic oxidation sites excluding steroid dienone is 1. The number of unbranched alkanes of at least 4 members (excludes halogenated alkanes) is 1. The van der Waals surface area contributed by atoms with Gasteiger partial charge < -0.3 is 10.4 Å². The van der Waals surface area contributed by atoms with Crippen LogP contribution in [-0.2, 0) is 10.4 Å². The number of carbonyl (C=O) groups excluding carboxylic acids is 1. The third-order valence-corrected chi connectivity index (χ3v) is 10.6. The molecular formula is C26H38N2O2S. The largest absolute Gasteiger partial charge is 0.383 e. The summed E-state index contributed by atoms with van der Waals surface area (Å²) in [5.74, 6) is 2.19. The summed E-state index contributed by atoms with van der Waals surface area (Å²) in [6.45, 7) is 7.93. The summed E-state index contributed by atoms with van der Waals surface area (Å²) in [5.41, 5.74) is 1.58. The maximum atomic E-state index is 12.1. The van der Waals surface area contributed by atoms with Gasteiger partial charge in [0.2, 0.25) is 0 Å². The predicted molar refractivity (Wildman–Crippen MR) is 126 cm³/mol. The van der Waals surface area contributed by atoms with Gasteiger partial charge in [-0.15, -0.1) is 11.3 Å². The molecular weight excluding hydrogens is 404 g/mol. The molecule has 6 atom stereocenters. The monoisotopic (exact) mass is 442 g/mol. The van der Waals surface area contributed by atoms with Gasteiger partial charge in [0.15, 0.2) is 10.9 Å². The van der Waals surface area contributed by atoms with E-state index in [9.17, 15) is 9.90 Å². The number of carbonyl (C=O) groups is 1. The molecule has 4 aliphatic carbocycles. The molecule has 6 unspecified atom stereocenters. The molecule has 0 saturated heterocycles. The smallest absolute Gasteiger partial charge is 0.182 e. The van der Waals surface area contributed by atoms with Crippen LogP contribution in [0.2, 0.25) is 0 Å². The Labute approximate surface area is 190 Å². The van der Waals surface area contributed by atoms with Gasteiger partial charge in [0.05, 0.1) is 5.69 Å². The molecule has 4 aliphatic rings. The van der Waals surface area contributed by atoms with Crippen LogP contribution in [0.25, 0.3) is 0 Å². The Kier molecular flexibility index (Phi) is 5.37. The molecule has 2 N–H and O–H groups in total. The van der Waals surface area contributed by atoms with E-state index in [0.29, 0.717) is 30.0 Å². The van der Waals surface area contributed by atoms with E-state index in [4.69, 9.17) is 4.98 Å². The van der Waals surface area contributed by atoms with Gasteiger partial charge in [0.25, 0.3) is 0 Å². The van der Waals surface area contributed by atoms with Crippen molar-refractivity contribution in [2.45, 2.75) is 90.6 Å². The Bertz CT molecular complexity index is 894. The number of hydrogen-bond acceptors (Lipinski definition) is 5. The number of fused-ring (bicyclic) bond motifs is 5. The highest BCUT2D eigenvalue weighted by Crippen LogP contribution is 2.69. The van der Waals surface area contributed by atoms with E-state index in [1.165, 1.54) is 18.4 Å². The fourth-order valence-electron chi connectivity index (χ4n) is 7.91. The molecule has 0 aromatic carbocycles. The first-order valence-electron chi connectivity index (χ1n) is 12.5. The zero-order valence-electron chi connectivity index (χ0n) is 19.4. The number of rotatable bonds is 5. The van der Waals surface area contributed by atoms with Crippen LogP contribution < -0.4 is 5.32 Å². The summed E-state index contributed by atoms with van der Waals surface area (Å²) in [4.78, 5) is 16.9. The maximum Gasteiger partial charge on any atom is 0.182 e. The van der Waals surface area contributed by atoms with E-state index >= 15 is 0 Å². The second-order valence-electron chi connectivity index (χ2n) is 11.1. The van der Waals surface area contributed by atoms with Crippen LogP contribution in [-0.4, -0.2) is 22.4 Å². The number of nitrogens with one attached hydrogen (secondary N) is 1. The van der Waals surface area contributed by atoms with E-state index in [0.717, 1.165) is 62.3 Å². The van der Waals surface area contributed by atoms with Crippen LogP contribution in [0.5, 0.6) is 0 Å². The summed E-state index contributed by atoms with van der Waals surface area (Å²) in [7, 11) is 0. The van der Waals surface area contributed by atoms with Crippen molar-refractivity contribution in [1.82, 2.24) is 4.98 Å². The molecule has 0 amide bonds. The molecule has 1 aromatic rings. The van der Waals surface area contributed by atoms with Crippen molar-refractivity contribution in [3.05, 3.63) is 22.7 Å². The summed E-state index contributed by atoms with van der Waals surface area (Å²) in [5, 5.41) is 18.6. The molecule has 170 valence electrons. The quantitative estimate of drug-likeness (QED) is 0.543. The van der Waals surface area contributed by atoms with Crippen molar-refractivity contribution < 1.29 is 9.90 Å². The van der Waals surface area contributed by atoms with Gasteiger partial charge >= 0.3 is 0 Å². The number of ketones is 1. The molecule has 0 aliphatic heterocycles. The van der Waals surface area contributed by atoms with Gasteiger partial charge in [-0.25, -0.2) is 4.98 Å². The number of hydrogen-bond donors (Lipinski definition) is 2. The van der Waals surface area contributed by atoms with Crippen LogP contribution in [0.3, 0.4) is 0 Å². The zero-order chi connectivity index (χ0) is 21.9. The van der Waals surface area contributed by atoms with E-state index in [2.05, 4.69) is 31.5 Å². The fraction of sp³-hybridized carbons (Fsp3) is 0.769. The van der Waals surface area contributed by atoms with Crippen LogP contribution in [0.15, 0.2) is 17.0 Å². The number of aromatic nitrogens is 1. The standard InChI is InChI=1S/C26H38N2O2S/c1-4-5-14-27-23-28-22(16-31-23)26(30)13-10-21-19-7-6-17-15-18(29)8-11-24(17,2)20(19)9-12-25(21,26)3/h15-16,19-21,30H,4-14H2,1-3H3,(H,27,28). The molecule has 1 aromatic heterocycles. The van der Waals surface area contributed by atoms with E-state index < -0.39 is 5.60 Å². The second-order valence-corrected chi connectivity index (χ2v) is 12.0. The van der Waals surface area contributed by atoms with Crippen molar-refractivity contribution in [2.24, 2.45) is 28.6 Å². The number of thiazole rings is 1. The van der Waals surface area contributed by atoms with Gasteiger partial charge in [-0.3, -0.25) is 4.79 Å². The highest BCUT2D eigenvalue weighted by atomic mass is 32.1. The van der Waals surface area contributed by atoms with Crippen LogP contribution in [0.1, 0.15) is 90.7 Å². The Hall–Kier alpha value is -1.20. The number of aliphatic hydroxyl groups is 1. The molecule has 3 saturated carbocycles. The second kappa shape index (κ2) is 7.69. The minimum Gasteiger partial charge on any atom is -0.383 e. The molecule has 1 heterocycles. The minimum absolute atomic E-state index is 0.106. The summed E-state index contributed by atoms with van der Waals surface area (Å²) in [6.07, 6.45) is 12.4. The van der Waals surface area contributed by atoms with Crippen molar-refractivity contribution in [1.29, 1.82) is 0 Å². The molecule has 3 fully saturated rings. The van der Waals surface area contributed by atoms with Gasteiger partial charge in [0, 0.05) is 23.8 Å². The Balaban J connectivity index is 1.40. The highest BCUT2D eigenvalue weighted by molar-refractivity contribution is 7.13. The topological polar surface area (TPSA) is 62.2 Å². The summed E-state index contributed by atoms with van der Waals surface area (Å²) in [6, 6.07) is 0. The number of nitrogens with zero attached hydrogens (tertiary/aromatic N) is 1. The van der Waals surface area contributed by atoms with E-state index in [-0.39, 0.29) is 10.8 Å². The Morgan fingerprint density at radius 1 is 1.16 bits per heavy atom.